The van der Waals surface area contributed by atoms with Crippen LogP contribution in [0.25, 0.3) is 42.3 Å². The SMILES string of the molecule is CCC(CC)C(=O)/C=C(\O)C(CC)CC.[2H]c1nc(-c2[c-]c3ccccc3c([Si](C)(C)CC(C)C)c2)c2sc3cc(CC(C)(C)C)ccc3c2n1.[Ir]. The van der Waals surface area contributed by atoms with Gasteiger partial charge in [0.25, 0.3) is 0 Å². The van der Waals surface area contributed by atoms with Gasteiger partial charge in [-0.05, 0) is 55.1 Å². The maximum atomic E-state index is 11.7. The van der Waals surface area contributed by atoms with E-state index in [1.54, 1.807) is 11.3 Å². The molecular weight excluding hydrogens is 841 g/mol. The van der Waals surface area contributed by atoms with Gasteiger partial charge in [-0.25, -0.2) is 4.98 Å². The summed E-state index contributed by atoms with van der Waals surface area (Å²) in [5.41, 5.74) is 4.27. The van der Waals surface area contributed by atoms with Crippen LogP contribution >= 0.6 is 11.3 Å². The first-order chi connectivity index (χ1) is 24.0. The molecule has 0 aliphatic carbocycles. The van der Waals surface area contributed by atoms with Gasteiger partial charge in [-0.15, -0.1) is 40.1 Å². The van der Waals surface area contributed by atoms with E-state index < -0.39 is 8.07 Å². The molecule has 0 saturated heterocycles. The van der Waals surface area contributed by atoms with E-state index in [0.29, 0.717) is 5.92 Å². The molecule has 0 amide bonds. The number of hydrogen-bond donors (Lipinski definition) is 1. The van der Waals surface area contributed by atoms with E-state index in [0.717, 1.165) is 64.4 Å². The number of ketones is 1. The zero-order valence-electron chi connectivity index (χ0n) is 33.7. The van der Waals surface area contributed by atoms with Crippen molar-refractivity contribution in [2.24, 2.45) is 23.2 Å². The molecule has 277 valence electrons. The predicted octanol–water partition coefficient (Wildman–Crippen LogP) is 12.5. The van der Waals surface area contributed by atoms with E-state index >= 15 is 0 Å². The summed E-state index contributed by atoms with van der Waals surface area (Å²) in [4.78, 5) is 21.0. The average Bonchev–Trinajstić information content (AvgIpc) is 3.41. The van der Waals surface area contributed by atoms with E-state index in [1.807, 2.05) is 27.7 Å². The number of fused-ring (bicyclic) bond motifs is 4. The summed E-state index contributed by atoms with van der Waals surface area (Å²) in [5.74, 6) is 1.19. The number of benzene rings is 3. The average molecular weight is 901 g/mol. The number of carbonyl (C=O) groups is 1. The number of aromatic nitrogens is 2. The van der Waals surface area contributed by atoms with Gasteiger partial charge in [-0.3, -0.25) is 9.78 Å². The van der Waals surface area contributed by atoms with Gasteiger partial charge in [0, 0.05) is 58.5 Å². The van der Waals surface area contributed by atoms with Gasteiger partial charge in [0.2, 0.25) is 0 Å². The van der Waals surface area contributed by atoms with Crippen molar-refractivity contribution in [3.63, 3.8) is 0 Å². The first-order valence-electron chi connectivity index (χ1n) is 19.1. The number of allylic oxidation sites excluding steroid dienone is 2. The van der Waals surface area contributed by atoms with E-state index in [2.05, 4.69) is 112 Å². The van der Waals surface area contributed by atoms with Crippen LogP contribution in [0, 0.1) is 29.2 Å². The fourth-order valence-corrected chi connectivity index (χ4v) is 12.3. The number of aliphatic hydroxyl groups is 1. The second-order valence-corrected chi connectivity index (χ2v) is 21.9. The summed E-state index contributed by atoms with van der Waals surface area (Å²) in [5, 5.41) is 14.8. The molecule has 0 atom stereocenters. The molecule has 0 bridgehead atoms. The van der Waals surface area contributed by atoms with E-state index in [-0.39, 0.29) is 55.2 Å². The zero-order valence-corrected chi connectivity index (χ0v) is 36.9. The summed E-state index contributed by atoms with van der Waals surface area (Å²) in [6, 6.07) is 22.5. The molecule has 51 heavy (non-hydrogen) atoms. The largest absolute Gasteiger partial charge is 0.512 e. The van der Waals surface area contributed by atoms with Crippen molar-refractivity contribution >= 4 is 61.5 Å². The molecular formula is C44H59IrN2O2SSi-. The van der Waals surface area contributed by atoms with Gasteiger partial charge in [0.1, 0.15) is 7.67 Å². The van der Waals surface area contributed by atoms with Crippen LogP contribution in [0.4, 0.5) is 0 Å². The summed E-state index contributed by atoms with van der Waals surface area (Å²) in [6.07, 6.45) is 6.00. The molecule has 1 N–H and O–H groups in total. The van der Waals surface area contributed by atoms with Crippen LogP contribution < -0.4 is 5.19 Å². The molecule has 0 spiro atoms. The van der Waals surface area contributed by atoms with Gasteiger partial charge < -0.3 is 5.11 Å². The second-order valence-electron chi connectivity index (χ2n) is 16.1. The van der Waals surface area contributed by atoms with Crippen molar-refractivity contribution in [2.45, 2.75) is 114 Å². The topological polar surface area (TPSA) is 63.1 Å². The van der Waals surface area contributed by atoms with Crippen LogP contribution in [0.15, 0.2) is 66.7 Å². The van der Waals surface area contributed by atoms with E-state index in [1.165, 1.54) is 33.0 Å². The van der Waals surface area contributed by atoms with E-state index in [9.17, 15) is 9.90 Å². The standard InChI is InChI=1S/C31H35N2SSi.C13H24O2.Ir/c1-20(2)18-35(6,7)27-16-23(15-22-10-8-9-11-24(22)27)28-30-29(33-19-32-28)25-13-12-21(14-26(25)34-30)17-31(3,4)5;1-5-10(6-2)12(14)9-13(15)11(7-3)8-4;/h8-14,16,19-20H,17-18H2,1-7H3;9-11,14H,5-8H2,1-4H3;/q-1;;/b;12-9-;/i19D;;. The molecule has 3 aromatic carbocycles. The van der Waals surface area contributed by atoms with Gasteiger partial charge in [0.15, 0.2) is 5.78 Å². The second kappa shape index (κ2) is 18.4. The molecule has 0 aliphatic heterocycles. The van der Waals surface area contributed by atoms with Crippen molar-refractivity contribution in [3.05, 3.63) is 78.3 Å². The van der Waals surface area contributed by atoms with Crippen LogP contribution in [0.3, 0.4) is 0 Å². The smallest absolute Gasteiger partial charge is 0.162 e. The van der Waals surface area contributed by atoms with Crippen LogP contribution in [0.1, 0.15) is 94.9 Å². The maximum absolute atomic E-state index is 11.7. The number of rotatable bonds is 12. The Hall–Kier alpha value is -2.70. The Bertz CT molecular complexity index is 2010. The van der Waals surface area contributed by atoms with Gasteiger partial charge in [0.05, 0.1) is 19.3 Å². The third-order valence-corrected chi connectivity index (χ3v) is 14.6. The molecule has 0 saturated carbocycles. The summed E-state index contributed by atoms with van der Waals surface area (Å²) in [7, 11) is -1.72. The fraction of sp³-hybridized carbons (Fsp3) is 0.477. The maximum Gasteiger partial charge on any atom is 0.162 e. The molecule has 0 aliphatic rings. The number of aliphatic hydroxyl groups excluding tert-OH is 1. The monoisotopic (exact) mass is 901 g/mol. The number of nitrogens with zero attached hydrogens (tertiary/aromatic N) is 2. The summed E-state index contributed by atoms with van der Waals surface area (Å²) >= 11 is 1.74. The van der Waals surface area contributed by atoms with Crippen LogP contribution in [0.5, 0.6) is 0 Å². The minimum absolute atomic E-state index is 0. The summed E-state index contributed by atoms with van der Waals surface area (Å²) in [6.45, 7) is 24.5. The Morgan fingerprint density at radius 3 is 2.22 bits per heavy atom. The van der Waals surface area contributed by atoms with E-state index in [4.69, 9.17) is 1.37 Å². The van der Waals surface area contributed by atoms with Crippen LogP contribution in [0.2, 0.25) is 19.1 Å². The van der Waals surface area contributed by atoms with Crippen molar-refractivity contribution < 1.29 is 31.4 Å². The Morgan fingerprint density at radius 1 is 0.961 bits per heavy atom. The van der Waals surface area contributed by atoms with Crippen LogP contribution in [-0.2, 0) is 31.3 Å². The quantitative estimate of drug-likeness (QED) is 0.0586. The molecule has 5 aromatic rings. The van der Waals surface area contributed by atoms with Gasteiger partial charge >= 0.3 is 0 Å². The van der Waals surface area contributed by atoms with Gasteiger partial charge in [-0.1, -0.05) is 123 Å². The minimum Gasteiger partial charge on any atom is -0.512 e. The Morgan fingerprint density at radius 2 is 1.61 bits per heavy atom. The Labute approximate surface area is 327 Å². The van der Waals surface area contributed by atoms with Crippen molar-refractivity contribution in [1.82, 2.24) is 9.97 Å². The Kier molecular flexibility index (Phi) is 14.8. The molecule has 4 nitrogen and oxygen atoms in total. The Balaban J connectivity index is 0.000000389. The zero-order chi connectivity index (χ0) is 37.7. The molecule has 0 fully saturated rings. The van der Waals surface area contributed by atoms with Crippen molar-refractivity contribution in [2.75, 3.05) is 0 Å². The third kappa shape index (κ3) is 10.7. The molecule has 2 aromatic heterocycles. The van der Waals surface area contributed by atoms with Gasteiger partial charge in [-0.2, -0.15) is 0 Å². The molecule has 7 heteroatoms. The van der Waals surface area contributed by atoms with Crippen molar-refractivity contribution in [1.29, 1.82) is 0 Å². The number of thiophene rings is 1. The first kappa shape index (κ1) is 41.1. The molecule has 2 heterocycles. The molecule has 0 unspecified atom stereocenters. The minimum atomic E-state index is -1.72. The van der Waals surface area contributed by atoms with Crippen molar-refractivity contribution in [3.8, 4) is 11.3 Å². The number of hydrogen-bond acceptors (Lipinski definition) is 5. The normalized spacial score (nSPS) is 12.8. The summed E-state index contributed by atoms with van der Waals surface area (Å²) < 4.78 is 10.7. The molecule has 1 radical (unpaired) electrons. The third-order valence-electron chi connectivity index (χ3n) is 9.76. The predicted molar refractivity (Wildman–Crippen MR) is 220 cm³/mol. The van der Waals surface area contributed by atoms with Crippen LogP contribution in [-0.4, -0.2) is 28.9 Å². The first-order valence-corrected chi connectivity index (χ1v) is 22.6. The fourth-order valence-electron chi connectivity index (χ4n) is 7.31. The molecule has 5 rings (SSSR count). The number of carbonyl (C=O) groups excluding carboxylic acids is 1.